The topological polar surface area (TPSA) is 75.4 Å². The van der Waals surface area contributed by atoms with Crippen molar-refractivity contribution in [3.63, 3.8) is 0 Å². The molecular weight excluding hydrogens is 254 g/mol. The molecule has 20 heavy (non-hydrogen) atoms. The Labute approximate surface area is 121 Å². The maximum absolute atomic E-state index is 12.2. The summed E-state index contributed by atoms with van der Waals surface area (Å²) in [6, 6.07) is 0.253. The van der Waals surface area contributed by atoms with Crippen LogP contribution in [0.15, 0.2) is 0 Å². The molecular formula is C15H27N3O2. The molecule has 1 aliphatic carbocycles. The molecule has 1 saturated heterocycles. The van der Waals surface area contributed by atoms with Gasteiger partial charge in [0.1, 0.15) is 0 Å². The van der Waals surface area contributed by atoms with Gasteiger partial charge in [-0.25, -0.2) is 0 Å². The van der Waals surface area contributed by atoms with Gasteiger partial charge in [0, 0.05) is 31.5 Å². The number of nitrogens with two attached hydrogens (primary N) is 1. The van der Waals surface area contributed by atoms with Gasteiger partial charge in [-0.15, -0.1) is 0 Å². The average Bonchev–Trinajstić information content (AvgIpc) is 3.29. The third kappa shape index (κ3) is 4.20. The van der Waals surface area contributed by atoms with E-state index in [0.717, 1.165) is 45.2 Å². The van der Waals surface area contributed by atoms with Crippen molar-refractivity contribution < 1.29 is 9.59 Å². The van der Waals surface area contributed by atoms with Crippen LogP contribution in [0.1, 0.15) is 45.4 Å². The van der Waals surface area contributed by atoms with E-state index in [9.17, 15) is 9.59 Å². The lowest BCUT2D eigenvalue weighted by atomic mass is 9.99. The summed E-state index contributed by atoms with van der Waals surface area (Å²) in [5.41, 5.74) is 5.65. The number of amides is 2. The van der Waals surface area contributed by atoms with Crippen molar-refractivity contribution >= 4 is 11.8 Å². The molecule has 1 aliphatic heterocycles. The molecule has 1 heterocycles. The standard InChI is InChI=1S/C15H27N3O2/c1-2-11(10-16)9-14(19)18-7-5-13(6-8-18)17-15(20)12-3-4-12/h11-13H,2-10,16H2,1H3,(H,17,20). The van der Waals surface area contributed by atoms with Gasteiger partial charge in [0.05, 0.1) is 0 Å². The van der Waals surface area contributed by atoms with Crippen LogP contribution in [0, 0.1) is 11.8 Å². The smallest absolute Gasteiger partial charge is 0.223 e. The minimum absolute atomic E-state index is 0.212. The van der Waals surface area contributed by atoms with Gasteiger partial charge in [0.15, 0.2) is 0 Å². The quantitative estimate of drug-likeness (QED) is 0.759. The molecule has 0 aromatic heterocycles. The fourth-order valence-corrected chi connectivity index (χ4v) is 2.71. The van der Waals surface area contributed by atoms with Crippen molar-refractivity contribution in [2.75, 3.05) is 19.6 Å². The predicted octanol–water partition coefficient (Wildman–Crippen LogP) is 0.879. The zero-order valence-corrected chi connectivity index (χ0v) is 12.4. The third-order valence-corrected chi connectivity index (χ3v) is 4.52. The van der Waals surface area contributed by atoms with Gasteiger partial charge < -0.3 is 16.0 Å². The van der Waals surface area contributed by atoms with Crippen molar-refractivity contribution in [3.05, 3.63) is 0 Å². The molecule has 0 aromatic carbocycles. The predicted molar refractivity (Wildman–Crippen MR) is 77.9 cm³/mol. The molecule has 2 amide bonds. The molecule has 2 aliphatic rings. The highest BCUT2D eigenvalue weighted by Crippen LogP contribution is 2.29. The Morgan fingerprint density at radius 3 is 2.40 bits per heavy atom. The number of rotatable bonds is 6. The van der Waals surface area contributed by atoms with E-state index in [1.54, 1.807) is 0 Å². The van der Waals surface area contributed by atoms with Gasteiger partial charge in [0.2, 0.25) is 11.8 Å². The monoisotopic (exact) mass is 281 g/mol. The van der Waals surface area contributed by atoms with Gasteiger partial charge in [0.25, 0.3) is 0 Å². The van der Waals surface area contributed by atoms with E-state index in [2.05, 4.69) is 12.2 Å². The Bertz CT molecular complexity index is 343. The number of hydrogen-bond donors (Lipinski definition) is 2. The van der Waals surface area contributed by atoms with Crippen molar-refractivity contribution in [2.24, 2.45) is 17.6 Å². The van der Waals surface area contributed by atoms with Crippen LogP contribution in [0.25, 0.3) is 0 Å². The Morgan fingerprint density at radius 1 is 1.25 bits per heavy atom. The summed E-state index contributed by atoms with van der Waals surface area (Å²) in [6.07, 6.45) is 5.36. The normalized spacial score (nSPS) is 21.6. The van der Waals surface area contributed by atoms with Crippen LogP contribution < -0.4 is 11.1 Å². The largest absolute Gasteiger partial charge is 0.353 e. The van der Waals surface area contributed by atoms with Crippen molar-refractivity contribution in [2.45, 2.75) is 51.5 Å². The van der Waals surface area contributed by atoms with Crippen LogP contribution in [0.5, 0.6) is 0 Å². The summed E-state index contributed by atoms with van der Waals surface area (Å²) in [5.74, 6) is 0.998. The average molecular weight is 281 g/mol. The molecule has 2 fully saturated rings. The first kappa shape index (κ1) is 15.3. The number of nitrogens with one attached hydrogen (secondary N) is 1. The molecule has 114 valence electrons. The van der Waals surface area contributed by atoms with E-state index < -0.39 is 0 Å². The number of carbonyl (C=O) groups excluding carboxylic acids is 2. The Balaban J connectivity index is 1.70. The number of carbonyl (C=O) groups is 2. The third-order valence-electron chi connectivity index (χ3n) is 4.52. The fraction of sp³-hybridized carbons (Fsp3) is 0.867. The maximum Gasteiger partial charge on any atom is 0.223 e. The molecule has 2 rings (SSSR count). The lowest BCUT2D eigenvalue weighted by molar-refractivity contribution is -0.133. The summed E-state index contributed by atoms with van der Waals surface area (Å²) in [6.45, 7) is 4.17. The molecule has 3 N–H and O–H groups in total. The number of hydrogen-bond acceptors (Lipinski definition) is 3. The maximum atomic E-state index is 12.2. The van der Waals surface area contributed by atoms with Crippen LogP contribution in [-0.4, -0.2) is 42.4 Å². The van der Waals surface area contributed by atoms with E-state index in [1.807, 2.05) is 4.90 Å². The summed E-state index contributed by atoms with van der Waals surface area (Å²) in [7, 11) is 0. The van der Waals surface area contributed by atoms with Crippen LogP contribution in [0.4, 0.5) is 0 Å². The number of nitrogens with zero attached hydrogens (tertiary/aromatic N) is 1. The molecule has 5 heteroatoms. The summed E-state index contributed by atoms with van der Waals surface area (Å²) in [4.78, 5) is 25.8. The van der Waals surface area contributed by atoms with E-state index in [1.165, 1.54) is 0 Å². The van der Waals surface area contributed by atoms with Crippen LogP contribution in [0.3, 0.4) is 0 Å². The van der Waals surface area contributed by atoms with E-state index >= 15 is 0 Å². The molecule has 5 nitrogen and oxygen atoms in total. The molecule has 1 atom stereocenters. The Hall–Kier alpha value is -1.10. The first-order valence-electron chi connectivity index (χ1n) is 7.92. The first-order chi connectivity index (χ1) is 9.63. The fourth-order valence-electron chi connectivity index (χ4n) is 2.71. The Morgan fingerprint density at radius 2 is 1.90 bits per heavy atom. The summed E-state index contributed by atoms with van der Waals surface area (Å²) >= 11 is 0. The van der Waals surface area contributed by atoms with Gasteiger partial charge >= 0.3 is 0 Å². The molecule has 0 radical (unpaired) electrons. The Kier molecular flexibility index (Phi) is 5.40. The molecule has 0 bridgehead atoms. The second kappa shape index (κ2) is 7.07. The highest BCUT2D eigenvalue weighted by molar-refractivity contribution is 5.81. The second-order valence-electron chi connectivity index (χ2n) is 6.15. The van der Waals surface area contributed by atoms with Crippen molar-refractivity contribution in [3.8, 4) is 0 Å². The van der Waals surface area contributed by atoms with Crippen LogP contribution in [-0.2, 0) is 9.59 Å². The van der Waals surface area contributed by atoms with E-state index in [-0.39, 0.29) is 23.8 Å². The zero-order valence-electron chi connectivity index (χ0n) is 12.4. The molecule has 1 unspecified atom stereocenters. The lowest BCUT2D eigenvalue weighted by Gasteiger charge is -2.33. The highest BCUT2D eigenvalue weighted by atomic mass is 16.2. The van der Waals surface area contributed by atoms with Gasteiger partial charge in [-0.2, -0.15) is 0 Å². The SMILES string of the molecule is CCC(CN)CC(=O)N1CCC(NC(=O)C2CC2)CC1. The minimum Gasteiger partial charge on any atom is -0.353 e. The van der Waals surface area contributed by atoms with Gasteiger partial charge in [-0.3, -0.25) is 9.59 Å². The van der Waals surface area contributed by atoms with E-state index in [4.69, 9.17) is 5.73 Å². The highest BCUT2D eigenvalue weighted by Gasteiger charge is 2.32. The number of likely N-dealkylation sites (tertiary alicyclic amines) is 1. The molecule has 1 saturated carbocycles. The van der Waals surface area contributed by atoms with Crippen LogP contribution in [0.2, 0.25) is 0 Å². The van der Waals surface area contributed by atoms with Crippen molar-refractivity contribution in [1.82, 2.24) is 10.2 Å². The van der Waals surface area contributed by atoms with E-state index in [0.29, 0.717) is 18.9 Å². The summed E-state index contributed by atoms with van der Waals surface area (Å²) in [5, 5.41) is 3.11. The lowest BCUT2D eigenvalue weighted by Crippen LogP contribution is -2.47. The van der Waals surface area contributed by atoms with Crippen molar-refractivity contribution in [1.29, 1.82) is 0 Å². The van der Waals surface area contributed by atoms with Gasteiger partial charge in [-0.05, 0) is 38.1 Å². The summed E-state index contributed by atoms with van der Waals surface area (Å²) < 4.78 is 0. The first-order valence-corrected chi connectivity index (χ1v) is 7.92. The number of piperidine rings is 1. The molecule has 0 aromatic rings. The minimum atomic E-state index is 0.212. The molecule has 0 spiro atoms. The van der Waals surface area contributed by atoms with Gasteiger partial charge in [-0.1, -0.05) is 13.3 Å². The van der Waals surface area contributed by atoms with Crippen LogP contribution >= 0.6 is 0 Å². The second-order valence-corrected chi connectivity index (χ2v) is 6.15. The zero-order chi connectivity index (χ0) is 14.5.